The fourth-order valence-electron chi connectivity index (χ4n) is 2.26. The van der Waals surface area contributed by atoms with Crippen molar-refractivity contribution in [3.63, 3.8) is 0 Å². The van der Waals surface area contributed by atoms with E-state index in [1.165, 1.54) is 12.7 Å². The average molecular weight is 371 g/mol. The van der Waals surface area contributed by atoms with E-state index >= 15 is 0 Å². The number of hydrogen-bond acceptors (Lipinski definition) is 4. The van der Waals surface area contributed by atoms with Gasteiger partial charge in [-0.15, -0.1) is 12.4 Å². The number of ether oxygens (including phenoxy) is 1. The molecular formula is C19H31ClN2O3. The van der Waals surface area contributed by atoms with Crippen LogP contribution in [0.5, 0.6) is 0 Å². The molecular weight excluding hydrogens is 340 g/mol. The van der Waals surface area contributed by atoms with Crippen LogP contribution in [0.4, 0.5) is 0 Å². The van der Waals surface area contributed by atoms with E-state index in [1.54, 1.807) is 13.8 Å². The fraction of sp³-hybridized carbons (Fsp3) is 0.579. The van der Waals surface area contributed by atoms with E-state index in [2.05, 4.69) is 26.1 Å². The number of halogens is 1. The van der Waals surface area contributed by atoms with Crippen LogP contribution in [0.2, 0.25) is 0 Å². The first-order valence-electron chi connectivity index (χ1n) is 8.29. The minimum atomic E-state index is -0.430. The van der Waals surface area contributed by atoms with E-state index in [1.807, 2.05) is 24.3 Å². The molecule has 0 bridgehead atoms. The zero-order chi connectivity index (χ0) is 18.5. The summed E-state index contributed by atoms with van der Waals surface area (Å²) in [5.41, 5.74) is 7.91. The Morgan fingerprint density at radius 3 is 2.08 bits per heavy atom. The van der Waals surface area contributed by atoms with Gasteiger partial charge in [0.15, 0.2) is 0 Å². The van der Waals surface area contributed by atoms with Crippen molar-refractivity contribution < 1.29 is 14.3 Å². The minimum Gasteiger partial charge on any atom is -0.469 e. The van der Waals surface area contributed by atoms with Crippen molar-refractivity contribution in [2.24, 2.45) is 11.7 Å². The molecule has 1 aromatic carbocycles. The van der Waals surface area contributed by atoms with Crippen molar-refractivity contribution in [3.8, 4) is 0 Å². The van der Waals surface area contributed by atoms with Gasteiger partial charge in [0.05, 0.1) is 19.6 Å². The Hall–Kier alpha value is -1.59. The van der Waals surface area contributed by atoms with Gasteiger partial charge in [-0.25, -0.2) is 0 Å². The van der Waals surface area contributed by atoms with Gasteiger partial charge in [0, 0.05) is 12.0 Å². The first-order valence-corrected chi connectivity index (χ1v) is 8.29. The molecule has 1 aromatic rings. The van der Waals surface area contributed by atoms with Crippen LogP contribution in [-0.4, -0.2) is 25.0 Å². The standard InChI is InChI=1S/C19H30N2O3.ClH/c1-12(13(2)20)18(23)21-16(11-17(22)24-6)14-7-9-15(10-8-14)19(3,4)5;/h7-10,12-13,16H,11,20H2,1-6H3,(H,21,23);1H. The van der Waals surface area contributed by atoms with Gasteiger partial charge in [-0.3, -0.25) is 9.59 Å². The molecule has 0 saturated heterocycles. The molecule has 0 aliphatic heterocycles. The van der Waals surface area contributed by atoms with Gasteiger partial charge < -0.3 is 15.8 Å². The highest BCUT2D eigenvalue weighted by Crippen LogP contribution is 2.25. The summed E-state index contributed by atoms with van der Waals surface area (Å²) in [6, 6.07) is 7.27. The zero-order valence-electron chi connectivity index (χ0n) is 16.0. The maximum absolute atomic E-state index is 12.3. The third kappa shape index (κ3) is 7.04. The van der Waals surface area contributed by atoms with Crippen LogP contribution in [0.15, 0.2) is 24.3 Å². The number of methoxy groups -OCH3 is 1. The largest absolute Gasteiger partial charge is 0.469 e. The summed E-state index contributed by atoms with van der Waals surface area (Å²) in [6.07, 6.45) is 0.0861. The number of amides is 1. The zero-order valence-corrected chi connectivity index (χ0v) is 16.8. The Balaban J connectivity index is 0.00000576. The van der Waals surface area contributed by atoms with Crippen molar-refractivity contribution in [1.29, 1.82) is 0 Å². The summed E-state index contributed by atoms with van der Waals surface area (Å²) in [5, 5.41) is 2.92. The predicted molar refractivity (Wildman–Crippen MR) is 103 cm³/mol. The number of esters is 1. The Kier molecular flexibility index (Phi) is 9.16. The number of hydrogen-bond donors (Lipinski definition) is 2. The summed E-state index contributed by atoms with van der Waals surface area (Å²) < 4.78 is 4.75. The van der Waals surface area contributed by atoms with E-state index < -0.39 is 6.04 Å². The molecule has 0 fully saturated rings. The fourth-order valence-corrected chi connectivity index (χ4v) is 2.26. The van der Waals surface area contributed by atoms with E-state index in [4.69, 9.17) is 10.5 Å². The van der Waals surface area contributed by atoms with Gasteiger partial charge in [-0.2, -0.15) is 0 Å². The number of rotatable bonds is 6. The molecule has 0 aliphatic carbocycles. The molecule has 0 aromatic heterocycles. The van der Waals surface area contributed by atoms with Crippen LogP contribution >= 0.6 is 12.4 Å². The van der Waals surface area contributed by atoms with E-state index in [0.29, 0.717) is 0 Å². The smallest absolute Gasteiger partial charge is 0.307 e. The Labute approximate surface area is 157 Å². The molecule has 0 aliphatic rings. The van der Waals surface area contributed by atoms with Crippen molar-refractivity contribution >= 4 is 24.3 Å². The average Bonchev–Trinajstić information content (AvgIpc) is 2.52. The topological polar surface area (TPSA) is 81.4 Å². The molecule has 3 unspecified atom stereocenters. The van der Waals surface area contributed by atoms with Crippen LogP contribution in [0, 0.1) is 5.92 Å². The lowest BCUT2D eigenvalue weighted by Gasteiger charge is -2.24. The Morgan fingerprint density at radius 2 is 1.68 bits per heavy atom. The van der Waals surface area contributed by atoms with Crippen molar-refractivity contribution in [2.75, 3.05) is 7.11 Å². The summed E-state index contributed by atoms with van der Waals surface area (Å²) >= 11 is 0. The third-order valence-electron chi connectivity index (χ3n) is 4.30. The summed E-state index contributed by atoms with van der Waals surface area (Å²) in [5.74, 6) is -0.869. The Bertz CT molecular complexity index is 565. The lowest BCUT2D eigenvalue weighted by molar-refractivity contribution is -0.141. The third-order valence-corrected chi connectivity index (χ3v) is 4.30. The number of benzene rings is 1. The highest BCUT2D eigenvalue weighted by Gasteiger charge is 2.24. The normalized spacial score (nSPS) is 14.7. The van der Waals surface area contributed by atoms with Gasteiger partial charge in [0.25, 0.3) is 0 Å². The quantitative estimate of drug-likeness (QED) is 0.754. The molecule has 142 valence electrons. The van der Waals surface area contributed by atoms with Crippen molar-refractivity contribution in [3.05, 3.63) is 35.4 Å². The lowest BCUT2D eigenvalue weighted by Crippen LogP contribution is -2.40. The van der Waals surface area contributed by atoms with Gasteiger partial charge in [0.2, 0.25) is 5.91 Å². The molecule has 0 saturated carbocycles. The molecule has 0 heterocycles. The molecule has 3 atom stereocenters. The SMILES string of the molecule is COC(=O)CC(NC(=O)C(C)C(C)N)c1ccc(C(C)(C)C)cc1.Cl. The highest BCUT2D eigenvalue weighted by molar-refractivity contribution is 5.85. The minimum absolute atomic E-state index is 0. The van der Waals surface area contributed by atoms with E-state index in [-0.39, 0.29) is 48.1 Å². The second kappa shape index (κ2) is 9.78. The summed E-state index contributed by atoms with van der Waals surface area (Å²) in [6.45, 7) is 9.98. The molecule has 3 N–H and O–H groups in total. The van der Waals surface area contributed by atoms with Gasteiger partial charge in [-0.1, -0.05) is 52.0 Å². The number of carbonyl (C=O) groups is 2. The van der Waals surface area contributed by atoms with Crippen LogP contribution in [-0.2, 0) is 19.7 Å². The number of nitrogens with one attached hydrogen (secondary N) is 1. The maximum Gasteiger partial charge on any atom is 0.307 e. The van der Waals surface area contributed by atoms with Crippen LogP contribution in [0.1, 0.15) is 58.2 Å². The van der Waals surface area contributed by atoms with Crippen LogP contribution < -0.4 is 11.1 Å². The lowest BCUT2D eigenvalue weighted by atomic mass is 9.86. The van der Waals surface area contributed by atoms with Crippen LogP contribution in [0.3, 0.4) is 0 Å². The van der Waals surface area contributed by atoms with Crippen LogP contribution in [0.25, 0.3) is 0 Å². The summed E-state index contributed by atoms with van der Waals surface area (Å²) in [4.78, 5) is 24.0. The highest BCUT2D eigenvalue weighted by atomic mass is 35.5. The van der Waals surface area contributed by atoms with Gasteiger partial charge >= 0.3 is 5.97 Å². The second-order valence-electron chi connectivity index (χ2n) is 7.36. The predicted octanol–water partition coefficient (Wildman–Crippen LogP) is 3.11. The maximum atomic E-state index is 12.3. The van der Waals surface area contributed by atoms with Crippen molar-refractivity contribution in [2.45, 2.75) is 58.5 Å². The first kappa shape index (κ1) is 23.4. The molecule has 6 heteroatoms. The monoisotopic (exact) mass is 370 g/mol. The molecule has 5 nitrogen and oxygen atoms in total. The second-order valence-corrected chi connectivity index (χ2v) is 7.36. The van der Waals surface area contributed by atoms with Gasteiger partial charge in [-0.05, 0) is 23.5 Å². The van der Waals surface area contributed by atoms with E-state index in [0.717, 1.165) is 5.56 Å². The van der Waals surface area contributed by atoms with Gasteiger partial charge in [0.1, 0.15) is 0 Å². The molecule has 25 heavy (non-hydrogen) atoms. The Morgan fingerprint density at radius 1 is 1.16 bits per heavy atom. The number of nitrogens with two attached hydrogens (primary N) is 1. The molecule has 0 radical (unpaired) electrons. The van der Waals surface area contributed by atoms with Crippen molar-refractivity contribution in [1.82, 2.24) is 5.32 Å². The number of carbonyl (C=O) groups excluding carboxylic acids is 2. The molecule has 1 amide bonds. The van der Waals surface area contributed by atoms with E-state index in [9.17, 15) is 9.59 Å². The molecule has 0 spiro atoms. The first-order chi connectivity index (χ1) is 11.1. The summed E-state index contributed by atoms with van der Waals surface area (Å²) in [7, 11) is 1.34. The molecule has 1 rings (SSSR count).